The van der Waals surface area contributed by atoms with Gasteiger partial charge >= 0.3 is 0 Å². The Labute approximate surface area is 65.5 Å². The summed E-state index contributed by atoms with van der Waals surface area (Å²) in [4.78, 5) is 0. The van der Waals surface area contributed by atoms with E-state index in [2.05, 4.69) is 26.5 Å². The van der Waals surface area contributed by atoms with Crippen LogP contribution in [-0.4, -0.2) is 6.26 Å². The Morgan fingerprint density at radius 2 is 1.00 bits per heavy atom. The van der Waals surface area contributed by atoms with Crippen LogP contribution in [0.25, 0.3) is 0 Å². The molecule has 0 aliphatic heterocycles. The summed E-state index contributed by atoms with van der Waals surface area (Å²) in [6.45, 7) is 4.25. The minimum Gasteiger partial charge on any atom is -0.183 e. The van der Waals surface area contributed by atoms with Gasteiger partial charge in [0.05, 0.1) is 0 Å². The van der Waals surface area contributed by atoms with Crippen molar-refractivity contribution in [3.05, 3.63) is 0 Å². The summed E-state index contributed by atoms with van der Waals surface area (Å²) in [7, 11) is 0. The first-order valence-electron chi connectivity index (χ1n) is 3.86. The van der Waals surface area contributed by atoms with Crippen molar-refractivity contribution in [2.24, 2.45) is 0 Å². The first kappa shape index (κ1) is 12.1. The molecule has 1 heteroatoms. The Morgan fingerprint density at radius 1 is 0.889 bits per heavy atom. The van der Waals surface area contributed by atoms with Crippen LogP contribution in [0.3, 0.4) is 0 Å². The molecule has 0 aromatic rings. The maximum Gasteiger partial charge on any atom is -0.0215 e. The fourth-order valence-electron chi connectivity index (χ4n) is 0.250. The molecule has 0 aromatic carbocycles. The molecule has 0 N–H and O–H groups in total. The molecule has 1 aliphatic rings. The summed E-state index contributed by atoms with van der Waals surface area (Å²) in [5.41, 5.74) is 0. The van der Waals surface area contributed by atoms with Crippen LogP contribution in [0, 0.1) is 0 Å². The molecule has 1 rings (SSSR count). The van der Waals surface area contributed by atoms with Gasteiger partial charge in [-0.2, -0.15) is 12.6 Å². The molecule has 0 radical (unpaired) electrons. The molecule has 0 bridgehead atoms. The molecule has 0 spiro atoms. The van der Waals surface area contributed by atoms with Crippen molar-refractivity contribution in [3.63, 3.8) is 0 Å². The molecular formula is C8H20S. The normalized spacial score (nSPS) is 13.3. The minimum atomic E-state index is 1.25. The Bertz CT molecular complexity index is 19.7. The van der Waals surface area contributed by atoms with Crippen molar-refractivity contribution in [2.45, 2.75) is 46.0 Å². The SMILES string of the molecule is C1CCC1.CCC.CS. The zero-order valence-electron chi connectivity index (χ0n) is 6.98. The van der Waals surface area contributed by atoms with E-state index in [1.807, 2.05) is 0 Å². The van der Waals surface area contributed by atoms with Gasteiger partial charge in [0.2, 0.25) is 0 Å². The van der Waals surface area contributed by atoms with Gasteiger partial charge in [0.15, 0.2) is 0 Å². The fourth-order valence-corrected chi connectivity index (χ4v) is 0.250. The molecule has 0 nitrogen and oxygen atoms in total. The van der Waals surface area contributed by atoms with Gasteiger partial charge < -0.3 is 0 Å². The summed E-state index contributed by atoms with van der Waals surface area (Å²) in [5.74, 6) is 0. The second kappa shape index (κ2) is 15.8. The summed E-state index contributed by atoms with van der Waals surface area (Å²) >= 11 is 3.53. The molecular weight excluding hydrogens is 128 g/mol. The highest BCUT2D eigenvalue weighted by Crippen LogP contribution is 2.15. The molecule has 1 fully saturated rings. The highest BCUT2D eigenvalue weighted by Gasteiger charge is 1.95. The molecule has 9 heavy (non-hydrogen) atoms. The summed E-state index contributed by atoms with van der Waals surface area (Å²) in [6, 6.07) is 0. The van der Waals surface area contributed by atoms with Crippen LogP contribution in [0.2, 0.25) is 0 Å². The zero-order valence-corrected chi connectivity index (χ0v) is 7.88. The minimum absolute atomic E-state index is 1.25. The average Bonchev–Trinajstić information content (AvgIpc) is 1.68. The van der Waals surface area contributed by atoms with Gasteiger partial charge in [-0.15, -0.1) is 0 Å². The monoisotopic (exact) mass is 148 g/mol. The third-order valence-corrected chi connectivity index (χ3v) is 1.000. The first-order valence-corrected chi connectivity index (χ1v) is 4.76. The van der Waals surface area contributed by atoms with Crippen molar-refractivity contribution in [1.82, 2.24) is 0 Å². The second-order valence-electron chi connectivity index (χ2n) is 2.12. The molecule has 0 atom stereocenters. The van der Waals surface area contributed by atoms with Crippen LogP contribution in [0.4, 0.5) is 0 Å². The number of rotatable bonds is 0. The van der Waals surface area contributed by atoms with Crippen molar-refractivity contribution in [1.29, 1.82) is 0 Å². The van der Waals surface area contributed by atoms with Crippen molar-refractivity contribution in [2.75, 3.05) is 6.26 Å². The molecule has 0 aromatic heterocycles. The van der Waals surface area contributed by atoms with Crippen LogP contribution >= 0.6 is 12.6 Å². The van der Waals surface area contributed by atoms with Gasteiger partial charge in [-0.25, -0.2) is 0 Å². The number of hydrogen-bond acceptors (Lipinski definition) is 1. The largest absolute Gasteiger partial charge is 0.183 e. The van der Waals surface area contributed by atoms with Gasteiger partial charge in [-0.05, 0) is 6.26 Å². The molecule has 0 unspecified atom stereocenters. The maximum absolute atomic E-state index is 3.53. The van der Waals surface area contributed by atoms with E-state index in [-0.39, 0.29) is 0 Å². The Kier molecular flexibility index (Phi) is 21.1. The summed E-state index contributed by atoms with van der Waals surface area (Å²) in [6.07, 6.45) is 8.94. The lowest BCUT2D eigenvalue weighted by molar-refractivity contribution is 0.504. The third kappa shape index (κ3) is 17.8. The highest BCUT2D eigenvalue weighted by molar-refractivity contribution is 7.79. The number of hydrogen-bond donors (Lipinski definition) is 1. The van der Waals surface area contributed by atoms with E-state index < -0.39 is 0 Å². The van der Waals surface area contributed by atoms with E-state index in [0.717, 1.165) is 0 Å². The Morgan fingerprint density at radius 3 is 1.00 bits per heavy atom. The lowest BCUT2D eigenvalue weighted by Crippen LogP contribution is -1.85. The molecule has 0 saturated heterocycles. The van der Waals surface area contributed by atoms with Gasteiger partial charge in [0.25, 0.3) is 0 Å². The topological polar surface area (TPSA) is 0 Å². The molecule has 58 valence electrons. The van der Waals surface area contributed by atoms with Crippen molar-refractivity contribution >= 4 is 12.6 Å². The van der Waals surface area contributed by atoms with Crippen LogP contribution in [0.5, 0.6) is 0 Å². The molecule has 1 aliphatic carbocycles. The highest BCUT2D eigenvalue weighted by atomic mass is 32.1. The van der Waals surface area contributed by atoms with E-state index in [9.17, 15) is 0 Å². The predicted molar refractivity (Wildman–Crippen MR) is 49.3 cm³/mol. The van der Waals surface area contributed by atoms with E-state index >= 15 is 0 Å². The van der Waals surface area contributed by atoms with E-state index in [1.165, 1.54) is 32.1 Å². The van der Waals surface area contributed by atoms with E-state index in [0.29, 0.717) is 0 Å². The fraction of sp³-hybridized carbons (Fsp3) is 1.00. The summed E-state index contributed by atoms with van der Waals surface area (Å²) in [5, 5.41) is 0. The van der Waals surface area contributed by atoms with Gasteiger partial charge in [0, 0.05) is 0 Å². The predicted octanol–water partition coefficient (Wildman–Crippen LogP) is 3.52. The maximum atomic E-state index is 3.53. The Balaban J connectivity index is 0. The number of thiol groups is 1. The average molecular weight is 148 g/mol. The van der Waals surface area contributed by atoms with E-state index in [1.54, 1.807) is 6.26 Å². The molecule has 1 saturated carbocycles. The third-order valence-electron chi connectivity index (χ3n) is 1.000. The zero-order chi connectivity index (χ0) is 7.54. The second-order valence-corrected chi connectivity index (χ2v) is 2.12. The van der Waals surface area contributed by atoms with Crippen molar-refractivity contribution < 1.29 is 0 Å². The van der Waals surface area contributed by atoms with E-state index in [4.69, 9.17) is 0 Å². The lowest BCUT2D eigenvalue weighted by atomic mass is 10.0. The van der Waals surface area contributed by atoms with Crippen molar-refractivity contribution in [3.8, 4) is 0 Å². The smallest absolute Gasteiger partial charge is 0.0215 e. The molecule has 0 heterocycles. The van der Waals surface area contributed by atoms with Crippen LogP contribution in [0.15, 0.2) is 0 Å². The quantitative estimate of drug-likeness (QED) is 0.499. The van der Waals surface area contributed by atoms with Crippen LogP contribution in [0.1, 0.15) is 46.0 Å². The van der Waals surface area contributed by atoms with Crippen LogP contribution in [-0.2, 0) is 0 Å². The standard InChI is InChI=1S/C4H8.C3H8.CH4S/c1-2-4-3-1;1-3-2;1-2/h1-4H2;3H2,1-2H3;2H,1H3. The van der Waals surface area contributed by atoms with Gasteiger partial charge in [-0.1, -0.05) is 46.0 Å². The van der Waals surface area contributed by atoms with Crippen LogP contribution < -0.4 is 0 Å². The lowest BCUT2D eigenvalue weighted by Gasteiger charge is -2.05. The van der Waals surface area contributed by atoms with Gasteiger partial charge in [0.1, 0.15) is 0 Å². The summed E-state index contributed by atoms with van der Waals surface area (Å²) < 4.78 is 0. The first-order chi connectivity index (χ1) is 4.41. The van der Waals surface area contributed by atoms with Gasteiger partial charge in [-0.3, -0.25) is 0 Å². The Hall–Kier alpha value is 0.350. The molecule has 0 amide bonds.